The highest BCUT2D eigenvalue weighted by atomic mass is 16.4. The quantitative estimate of drug-likeness (QED) is 0.855. The van der Waals surface area contributed by atoms with E-state index in [0.29, 0.717) is 23.4 Å². The molecule has 2 atom stereocenters. The lowest BCUT2D eigenvalue weighted by Gasteiger charge is -2.11. The average molecular weight is 317 g/mol. The van der Waals surface area contributed by atoms with Crippen LogP contribution in [0.4, 0.5) is 5.69 Å². The van der Waals surface area contributed by atoms with E-state index < -0.39 is 5.92 Å². The Morgan fingerprint density at radius 1 is 1.13 bits per heavy atom. The molecule has 0 aliphatic rings. The number of amides is 1. The number of carbonyl (C=O) groups excluding carboxylic acids is 1. The van der Waals surface area contributed by atoms with Crippen LogP contribution in [-0.4, -0.2) is 21.2 Å². The molecule has 0 saturated heterocycles. The summed E-state index contributed by atoms with van der Waals surface area (Å²) in [7, 11) is 0. The summed E-state index contributed by atoms with van der Waals surface area (Å²) in [5, 5.41) is 19.9. The zero-order valence-electron chi connectivity index (χ0n) is 13.9. The summed E-state index contributed by atoms with van der Waals surface area (Å²) in [5.74, 6) is 0.663. The molecule has 0 spiro atoms. The molecule has 2 rings (SSSR count). The minimum atomic E-state index is -0.534. The Bertz CT molecular complexity index is 649. The first-order valence-corrected chi connectivity index (χ1v) is 7.76. The van der Waals surface area contributed by atoms with E-state index in [2.05, 4.69) is 29.4 Å². The SMILES string of the molecule is CC(C(=O)Nc1ccc(CO)cc1)c1nnc([C@H](C)C(C)C)o1. The molecular formula is C17H23N3O3. The number of anilines is 1. The van der Waals surface area contributed by atoms with Gasteiger partial charge in [0.1, 0.15) is 5.92 Å². The summed E-state index contributed by atoms with van der Waals surface area (Å²) >= 11 is 0. The van der Waals surface area contributed by atoms with Gasteiger partial charge in [-0.25, -0.2) is 0 Å². The molecule has 0 aliphatic carbocycles. The lowest BCUT2D eigenvalue weighted by atomic mass is 9.98. The van der Waals surface area contributed by atoms with E-state index in [1.165, 1.54) is 0 Å². The van der Waals surface area contributed by atoms with Crippen LogP contribution in [-0.2, 0) is 11.4 Å². The van der Waals surface area contributed by atoms with Crippen molar-refractivity contribution in [2.24, 2.45) is 5.92 Å². The number of nitrogens with one attached hydrogen (secondary N) is 1. The lowest BCUT2D eigenvalue weighted by molar-refractivity contribution is -0.117. The first-order chi connectivity index (χ1) is 10.9. The van der Waals surface area contributed by atoms with Crippen LogP contribution in [0.15, 0.2) is 28.7 Å². The highest BCUT2D eigenvalue weighted by Crippen LogP contribution is 2.25. The van der Waals surface area contributed by atoms with Gasteiger partial charge in [-0.1, -0.05) is 32.9 Å². The molecule has 0 fully saturated rings. The van der Waals surface area contributed by atoms with Gasteiger partial charge in [-0.15, -0.1) is 10.2 Å². The van der Waals surface area contributed by atoms with Gasteiger partial charge in [-0.2, -0.15) is 0 Å². The van der Waals surface area contributed by atoms with Crippen molar-refractivity contribution in [3.05, 3.63) is 41.6 Å². The van der Waals surface area contributed by atoms with Gasteiger partial charge >= 0.3 is 0 Å². The average Bonchev–Trinajstić information content (AvgIpc) is 3.03. The fourth-order valence-corrected chi connectivity index (χ4v) is 1.95. The highest BCUT2D eigenvalue weighted by Gasteiger charge is 2.24. The number of aliphatic hydroxyl groups is 1. The van der Waals surface area contributed by atoms with Crippen molar-refractivity contribution >= 4 is 11.6 Å². The molecule has 0 radical (unpaired) electrons. The summed E-state index contributed by atoms with van der Waals surface area (Å²) in [6.45, 7) is 7.90. The molecule has 0 saturated carbocycles. The largest absolute Gasteiger partial charge is 0.424 e. The van der Waals surface area contributed by atoms with Crippen molar-refractivity contribution in [3.8, 4) is 0 Å². The van der Waals surface area contributed by atoms with Gasteiger partial charge in [0, 0.05) is 11.6 Å². The molecule has 1 amide bonds. The predicted octanol–water partition coefficient (Wildman–Crippen LogP) is 3.06. The van der Waals surface area contributed by atoms with E-state index >= 15 is 0 Å². The Balaban J connectivity index is 2.04. The topological polar surface area (TPSA) is 88.2 Å². The zero-order valence-corrected chi connectivity index (χ0v) is 13.9. The molecule has 6 nitrogen and oxygen atoms in total. The summed E-state index contributed by atoms with van der Waals surface area (Å²) in [4.78, 5) is 12.3. The lowest BCUT2D eigenvalue weighted by Crippen LogP contribution is -2.19. The minimum absolute atomic E-state index is 0.0244. The van der Waals surface area contributed by atoms with Gasteiger partial charge < -0.3 is 14.8 Å². The van der Waals surface area contributed by atoms with Crippen LogP contribution in [0.25, 0.3) is 0 Å². The summed E-state index contributed by atoms with van der Waals surface area (Å²) < 4.78 is 5.65. The van der Waals surface area contributed by atoms with E-state index in [4.69, 9.17) is 9.52 Å². The zero-order chi connectivity index (χ0) is 17.0. The summed E-state index contributed by atoms with van der Waals surface area (Å²) in [6, 6.07) is 7.01. The number of nitrogens with zero attached hydrogens (tertiary/aromatic N) is 2. The van der Waals surface area contributed by atoms with Gasteiger partial charge in [0.05, 0.1) is 6.61 Å². The monoisotopic (exact) mass is 317 g/mol. The first kappa shape index (κ1) is 17.1. The van der Waals surface area contributed by atoms with Gasteiger partial charge in [0.15, 0.2) is 0 Å². The predicted molar refractivity (Wildman–Crippen MR) is 87.0 cm³/mol. The minimum Gasteiger partial charge on any atom is -0.424 e. The Labute approximate surface area is 135 Å². The first-order valence-electron chi connectivity index (χ1n) is 7.76. The Morgan fingerprint density at radius 2 is 1.74 bits per heavy atom. The van der Waals surface area contributed by atoms with Crippen LogP contribution < -0.4 is 5.32 Å². The van der Waals surface area contributed by atoms with Crippen molar-refractivity contribution in [2.75, 3.05) is 5.32 Å². The van der Waals surface area contributed by atoms with Gasteiger partial charge in [-0.3, -0.25) is 4.79 Å². The number of aliphatic hydroxyl groups excluding tert-OH is 1. The molecule has 124 valence electrons. The maximum Gasteiger partial charge on any atom is 0.236 e. The standard InChI is InChI=1S/C17H23N3O3/c1-10(2)11(3)16-19-20-17(23-16)12(4)15(22)18-14-7-5-13(9-21)6-8-14/h5-8,10-12,21H,9H2,1-4H3,(H,18,22)/t11-,12?/m1/s1. The van der Waals surface area contributed by atoms with Gasteiger partial charge in [0.2, 0.25) is 17.7 Å². The van der Waals surface area contributed by atoms with E-state index in [1.807, 2.05) is 6.92 Å². The second-order valence-corrected chi connectivity index (χ2v) is 6.08. The second-order valence-electron chi connectivity index (χ2n) is 6.08. The fourth-order valence-electron chi connectivity index (χ4n) is 1.95. The molecule has 0 aliphatic heterocycles. The number of hydrogen-bond acceptors (Lipinski definition) is 5. The number of carbonyl (C=O) groups is 1. The van der Waals surface area contributed by atoms with Gasteiger partial charge in [-0.05, 0) is 30.5 Å². The molecule has 1 aromatic heterocycles. The molecule has 23 heavy (non-hydrogen) atoms. The van der Waals surface area contributed by atoms with Crippen molar-refractivity contribution in [1.82, 2.24) is 10.2 Å². The van der Waals surface area contributed by atoms with Crippen LogP contribution in [0.3, 0.4) is 0 Å². The molecule has 1 unspecified atom stereocenters. The van der Waals surface area contributed by atoms with Crippen molar-refractivity contribution in [2.45, 2.75) is 46.1 Å². The second kappa shape index (κ2) is 7.37. The third-order valence-electron chi connectivity index (χ3n) is 4.01. The van der Waals surface area contributed by atoms with E-state index in [-0.39, 0.29) is 18.4 Å². The Hall–Kier alpha value is -2.21. The molecule has 6 heteroatoms. The van der Waals surface area contributed by atoms with Crippen LogP contribution in [0.2, 0.25) is 0 Å². The van der Waals surface area contributed by atoms with Crippen molar-refractivity contribution in [1.29, 1.82) is 0 Å². The number of benzene rings is 1. The maximum atomic E-state index is 12.3. The number of hydrogen-bond donors (Lipinski definition) is 2. The molecule has 2 N–H and O–H groups in total. The normalized spacial score (nSPS) is 13.8. The Morgan fingerprint density at radius 3 is 2.30 bits per heavy atom. The van der Waals surface area contributed by atoms with Crippen LogP contribution in [0.1, 0.15) is 56.9 Å². The molecule has 1 aromatic carbocycles. The Kier molecular flexibility index (Phi) is 5.50. The molecule has 1 heterocycles. The third kappa shape index (κ3) is 4.16. The van der Waals surface area contributed by atoms with E-state index in [0.717, 1.165) is 5.56 Å². The summed E-state index contributed by atoms with van der Waals surface area (Å²) in [5.41, 5.74) is 1.45. The van der Waals surface area contributed by atoms with Gasteiger partial charge in [0.25, 0.3) is 0 Å². The number of aromatic nitrogens is 2. The van der Waals surface area contributed by atoms with Crippen LogP contribution in [0, 0.1) is 5.92 Å². The summed E-state index contributed by atoms with van der Waals surface area (Å²) in [6.07, 6.45) is 0. The van der Waals surface area contributed by atoms with Crippen molar-refractivity contribution < 1.29 is 14.3 Å². The smallest absolute Gasteiger partial charge is 0.236 e. The van der Waals surface area contributed by atoms with Crippen LogP contribution >= 0.6 is 0 Å². The fraction of sp³-hybridized carbons (Fsp3) is 0.471. The van der Waals surface area contributed by atoms with Crippen LogP contribution in [0.5, 0.6) is 0 Å². The van der Waals surface area contributed by atoms with E-state index in [1.54, 1.807) is 31.2 Å². The maximum absolute atomic E-state index is 12.3. The molecule has 0 bridgehead atoms. The highest BCUT2D eigenvalue weighted by molar-refractivity contribution is 5.94. The molecular weight excluding hydrogens is 294 g/mol. The van der Waals surface area contributed by atoms with E-state index in [9.17, 15) is 4.79 Å². The van der Waals surface area contributed by atoms with Crippen molar-refractivity contribution in [3.63, 3.8) is 0 Å². The number of rotatable bonds is 6. The molecule has 2 aromatic rings. The third-order valence-corrected chi connectivity index (χ3v) is 4.01.